The molecule has 8 nitrogen and oxygen atoms in total. The number of rotatable bonds is 5. The minimum Gasteiger partial charge on any atom is -0.497 e. The molecule has 0 N–H and O–H groups in total. The van der Waals surface area contributed by atoms with Crippen LogP contribution < -0.4 is 9.75 Å². The van der Waals surface area contributed by atoms with E-state index in [1.807, 2.05) is 43.1 Å². The topological polar surface area (TPSA) is 80.7 Å². The van der Waals surface area contributed by atoms with Gasteiger partial charge in [0.1, 0.15) is 10.7 Å². The van der Waals surface area contributed by atoms with Crippen molar-refractivity contribution >= 4 is 46.2 Å². The summed E-state index contributed by atoms with van der Waals surface area (Å²) in [6.45, 7) is 3.83. The number of hydrogen-bond donors (Lipinski definition) is 0. The van der Waals surface area contributed by atoms with E-state index in [1.54, 1.807) is 19.0 Å². The molecule has 0 radical (unpaired) electrons. The summed E-state index contributed by atoms with van der Waals surface area (Å²) in [4.78, 5) is 27.0. The number of hydrogen-bond acceptors (Lipinski definition) is 10. The highest BCUT2D eigenvalue weighted by Gasteiger charge is 2.56. The third-order valence-corrected chi connectivity index (χ3v) is 7.35. The van der Waals surface area contributed by atoms with Crippen LogP contribution in [-0.2, 0) is 19.1 Å². The quantitative estimate of drug-likeness (QED) is 0.664. The van der Waals surface area contributed by atoms with Crippen molar-refractivity contribution in [2.75, 3.05) is 32.9 Å². The number of methoxy groups -OCH3 is 2. The van der Waals surface area contributed by atoms with Crippen molar-refractivity contribution in [1.82, 2.24) is 4.90 Å². The van der Waals surface area contributed by atoms with Crippen molar-refractivity contribution in [3.63, 3.8) is 0 Å². The van der Waals surface area contributed by atoms with Gasteiger partial charge in [-0.3, -0.25) is 0 Å². The number of carbonyl (C=O) groups is 2. The first kappa shape index (κ1) is 20.4. The average Bonchev–Trinajstić information content (AvgIpc) is 3.22. The molecule has 3 rings (SSSR count). The highest BCUT2D eigenvalue weighted by Crippen LogP contribution is 2.58. The molecule has 2 heterocycles. The first-order valence-corrected chi connectivity index (χ1v) is 10.1. The molecule has 0 unspecified atom stereocenters. The molecule has 0 aliphatic carbocycles. The van der Waals surface area contributed by atoms with E-state index < -0.39 is 16.3 Å². The van der Waals surface area contributed by atoms with E-state index in [0.717, 1.165) is 11.4 Å². The Balaban J connectivity index is 2.03. The van der Waals surface area contributed by atoms with Gasteiger partial charge in [0.15, 0.2) is 0 Å². The summed E-state index contributed by atoms with van der Waals surface area (Å²) >= 11 is 2.52. The van der Waals surface area contributed by atoms with Gasteiger partial charge in [0.2, 0.25) is 9.37 Å². The van der Waals surface area contributed by atoms with Crippen LogP contribution >= 0.6 is 23.5 Å². The monoisotopic (exact) mass is 423 g/mol. The van der Waals surface area contributed by atoms with Gasteiger partial charge in [-0.05, 0) is 49.9 Å². The maximum atomic E-state index is 12.4. The Bertz CT molecular complexity index is 855. The molecule has 2 aliphatic rings. The second-order valence-electron chi connectivity index (χ2n) is 5.85. The maximum absolute atomic E-state index is 12.4. The lowest BCUT2D eigenvalue weighted by Gasteiger charge is -2.39. The molecule has 0 saturated carbocycles. The van der Waals surface area contributed by atoms with Gasteiger partial charge in [0.25, 0.3) is 0 Å². The van der Waals surface area contributed by atoms with Crippen LogP contribution in [0.5, 0.6) is 5.75 Å². The first-order valence-electron chi connectivity index (χ1n) is 8.49. The van der Waals surface area contributed by atoms with Crippen LogP contribution in [0.2, 0.25) is 0 Å². The lowest BCUT2D eigenvalue weighted by Crippen LogP contribution is -2.47. The molecule has 0 saturated heterocycles. The van der Waals surface area contributed by atoms with Crippen molar-refractivity contribution < 1.29 is 23.8 Å². The lowest BCUT2D eigenvalue weighted by atomic mass is 10.3. The number of thioether (sulfide) groups is 2. The molecule has 1 aromatic carbocycles. The molecule has 1 aromatic rings. The third kappa shape index (κ3) is 3.30. The van der Waals surface area contributed by atoms with Gasteiger partial charge in [-0.15, -0.1) is 0 Å². The summed E-state index contributed by atoms with van der Waals surface area (Å²) in [6, 6.07) is 7.32. The fourth-order valence-electron chi connectivity index (χ4n) is 2.76. The fraction of sp³-hybridized carbons (Fsp3) is 0.389. The molecule has 28 heavy (non-hydrogen) atoms. The summed E-state index contributed by atoms with van der Waals surface area (Å²) < 4.78 is 14.4. The summed E-state index contributed by atoms with van der Waals surface area (Å²) in [5, 5.41) is 6.46. The molecule has 150 valence electrons. The number of hydrazone groups is 1. The van der Waals surface area contributed by atoms with Crippen molar-refractivity contribution in [3.05, 3.63) is 34.9 Å². The van der Waals surface area contributed by atoms with Crippen LogP contribution in [0.3, 0.4) is 0 Å². The van der Waals surface area contributed by atoms with Crippen LogP contribution in [0.15, 0.2) is 40.0 Å². The predicted molar refractivity (Wildman–Crippen MR) is 110 cm³/mol. The van der Waals surface area contributed by atoms with Crippen molar-refractivity contribution in [3.8, 4) is 5.75 Å². The Hall–Kier alpha value is -2.33. The molecule has 2 aliphatic heterocycles. The molecule has 0 fully saturated rings. The van der Waals surface area contributed by atoms with E-state index in [4.69, 9.17) is 14.2 Å². The number of allylic oxidation sites excluding steroid dienone is 1. The average molecular weight is 424 g/mol. The number of benzene rings is 1. The van der Waals surface area contributed by atoms with E-state index in [9.17, 15) is 9.59 Å². The molecule has 1 spiro atoms. The van der Waals surface area contributed by atoms with E-state index in [2.05, 4.69) is 5.10 Å². The number of ether oxygens (including phenoxy) is 3. The Morgan fingerprint density at radius 3 is 2.39 bits per heavy atom. The lowest BCUT2D eigenvalue weighted by molar-refractivity contribution is -0.135. The van der Waals surface area contributed by atoms with Crippen LogP contribution in [0, 0.1) is 0 Å². The van der Waals surface area contributed by atoms with Crippen LogP contribution in [0.1, 0.15) is 13.8 Å². The first-order chi connectivity index (χ1) is 13.4. The number of esters is 2. The molecular weight excluding hydrogens is 402 g/mol. The minimum atomic E-state index is -0.885. The van der Waals surface area contributed by atoms with E-state index >= 15 is 0 Å². The predicted octanol–water partition coefficient (Wildman–Crippen LogP) is 2.82. The largest absolute Gasteiger partial charge is 0.497 e. The normalized spacial score (nSPS) is 21.2. The van der Waals surface area contributed by atoms with Gasteiger partial charge < -0.3 is 19.1 Å². The van der Waals surface area contributed by atoms with E-state index in [-0.39, 0.29) is 11.7 Å². The molecule has 10 heteroatoms. The summed E-state index contributed by atoms with van der Waals surface area (Å²) in [6.07, 6.45) is 0. The van der Waals surface area contributed by atoms with Crippen molar-refractivity contribution in [1.29, 1.82) is 0 Å². The van der Waals surface area contributed by atoms with E-state index in [1.165, 1.54) is 30.6 Å². The summed E-state index contributed by atoms with van der Waals surface area (Å²) in [5.74, 6) is -0.219. The zero-order valence-corrected chi connectivity index (χ0v) is 17.8. The van der Waals surface area contributed by atoms with Gasteiger partial charge in [-0.25, -0.2) is 14.6 Å². The minimum absolute atomic E-state index is 0.218. The Morgan fingerprint density at radius 2 is 1.82 bits per heavy atom. The highest BCUT2D eigenvalue weighted by molar-refractivity contribution is 8.28. The van der Waals surface area contributed by atoms with Crippen LogP contribution in [-0.4, -0.2) is 54.1 Å². The molecular formula is C18H21N3O5S2. The zero-order chi connectivity index (χ0) is 20.5. The number of nitrogens with zero attached hydrogens (tertiary/aromatic N) is 3. The molecule has 0 bridgehead atoms. The molecule has 0 amide bonds. The standard InChI is InChI=1S/C18H21N3O5S2/c1-6-26-17(23)15-19-21(12-7-9-13(24-4)10-8-12)18(28-15)20(3)11(2)14(27-18)16(22)25-5/h7-10H,6H2,1-5H3/t18-/m1/s1. The van der Waals surface area contributed by atoms with Crippen LogP contribution in [0.4, 0.5) is 5.69 Å². The van der Waals surface area contributed by atoms with Crippen molar-refractivity contribution in [2.24, 2.45) is 5.10 Å². The Morgan fingerprint density at radius 1 is 1.14 bits per heavy atom. The van der Waals surface area contributed by atoms with Gasteiger partial charge in [-0.1, -0.05) is 11.8 Å². The Kier molecular flexibility index (Phi) is 5.80. The van der Waals surface area contributed by atoms with Gasteiger partial charge in [-0.2, -0.15) is 5.10 Å². The van der Waals surface area contributed by atoms with Crippen molar-refractivity contribution in [2.45, 2.75) is 18.2 Å². The van der Waals surface area contributed by atoms with Gasteiger partial charge in [0.05, 0.1) is 26.5 Å². The SMILES string of the molecule is CCOC(=O)C1=NN(c2ccc(OC)cc2)[C@@]2(S1)SC(C(=O)OC)=C(C)N2C. The second kappa shape index (κ2) is 7.96. The second-order valence-corrected chi connectivity index (χ2v) is 8.45. The number of anilines is 1. The van der Waals surface area contributed by atoms with Crippen LogP contribution in [0.25, 0.3) is 0 Å². The third-order valence-electron chi connectivity index (χ3n) is 4.32. The van der Waals surface area contributed by atoms with Gasteiger partial charge >= 0.3 is 11.9 Å². The summed E-state index contributed by atoms with van der Waals surface area (Å²) in [5.41, 5.74) is 1.48. The van der Waals surface area contributed by atoms with Gasteiger partial charge in [0, 0.05) is 12.7 Å². The number of carbonyl (C=O) groups excluding carboxylic acids is 2. The zero-order valence-electron chi connectivity index (χ0n) is 16.2. The maximum Gasteiger partial charge on any atom is 0.365 e. The highest BCUT2D eigenvalue weighted by atomic mass is 32.2. The Labute approximate surface area is 171 Å². The molecule has 0 aromatic heterocycles. The summed E-state index contributed by atoms with van der Waals surface area (Å²) in [7, 11) is 4.79. The van der Waals surface area contributed by atoms with E-state index in [0.29, 0.717) is 10.7 Å². The smallest absolute Gasteiger partial charge is 0.365 e. The fourth-order valence-corrected chi connectivity index (χ4v) is 5.66. The molecule has 1 atom stereocenters.